The van der Waals surface area contributed by atoms with Gasteiger partial charge < -0.3 is 15.3 Å². The zero-order valence-electron chi connectivity index (χ0n) is 11.5. The van der Waals surface area contributed by atoms with Gasteiger partial charge in [-0.15, -0.1) is 0 Å². The maximum Gasteiger partial charge on any atom is 0.317 e. The molecule has 1 aromatic rings. The average Bonchev–Trinajstić information content (AvgIpc) is 2.26. The van der Waals surface area contributed by atoms with Crippen molar-refractivity contribution in [3.8, 4) is 11.5 Å². The highest BCUT2D eigenvalue weighted by atomic mass is 16.4. The van der Waals surface area contributed by atoms with E-state index in [2.05, 4.69) is 0 Å². The molecule has 1 aromatic carbocycles. The Kier molecular flexibility index (Phi) is 5.18. The van der Waals surface area contributed by atoms with E-state index < -0.39 is 5.97 Å². The molecule has 0 radical (unpaired) electrons. The molecule has 0 aromatic heterocycles. The van der Waals surface area contributed by atoms with Gasteiger partial charge in [-0.3, -0.25) is 9.69 Å². The second kappa shape index (κ2) is 6.43. The third-order valence-electron chi connectivity index (χ3n) is 2.95. The summed E-state index contributed by atoms with van der Waals surface area (Å²) in [6, 6.07) is 4.13. The molecule has 1 unspecified atom stereocenters. The second-order valence-electron chi connectivity index (χ2n) is 5.14. The minimum atomic E-state index is -0.897. The molecule has 0 fully saturated rings. The lowest BCUT2D eigenvalue weighted by molar-refractivity contribution is -0.139. The summed E-state index contributed by atoms with van der Waals surface area (Å²) >= 11 is 0. The van der Waals surface area contributed by atoms with Crippen LogP contribution in [0.3, 0.4) is 0 Å². The van der Waals surface area contributed by atoms with Crippen LogP contribution < -0.4 is 0 Å². The van der Waals surface area contributed by atoms with Crippen LogP contribution in [0.4, 0.5) is 0 Å². The molecule has 0 aliphatic carbocycles. The van der Waals surface area contributed by atoms with Gasteiger partial charge in [0, 0.05) is 24.2 Å². The molecule has 0 aliphatic heterocycles. The van der Waals surface area contributed by atoms with Crippen LogP contribution in [-0.4, -0.2) is 39.3 Å². The first kappa shape index (κ1) is 15.3. The number of carbonyl (C=O) groups is 1. The monoisotopic (exact) mass is 267 g/mol. The van der Waals surface area contributed by atoms with Crippen molar-refractivity contribution in [1.82, 2.24) is 4.90 Å². The van der Waals surface area contributed by atoms with Gasteiger partial charge in [0.05, 0.1) is 6.54 Å². The number of nitrogens with zero attached hydrogens (tertiary/aromatic N) is 1. The maximum absolute atomic E-state index is 10.9. The molecule has 1 rings (SSSR count). The molecule has 0 saturated carbocycles. The minimum absolute atomic E-state index is 0.0119. The Morgan fingerprint density at radius 3 is 2.37 bits per heavy atom. The fourth-order valence-electron chi connectivity index (χ4n) is 2.08. The summed E-state index contributed by atoms with van der Waals surface area (Å²) in [5, 5.41) is 28.1. The molecule has 0 bridgehead atoms. The van der Waals surface area contributed by atoms with Crippen molar-refractivity contribution in [3.63, 3.8) is 0 Å². The molecule has 0 aliphatic rings. The highest BCUT2D eigenvalue weighted by Crippen LogP contribution is 2.31. The Morgan fingerprint density at radius 2 is 1.89 bits per heavy atom. The number of phenolic OH excluding ortho intramolecular Hbond substituents is 2. The number of phenols is 2. The zero-order chi connectivity index (χ0) is 14.6. The van der Waals surface area contributed by atoms with Crippen LogP contribution in [0.25, 0.3) is 0 Å². The number of aliphatic carboxylic acids is 1. The minimum Gasteiger partial charge on any atom is -0.508 e. The fourth-order valence-corrected chi connectivity index (χ4v) is 2.08. The van der Waals surface area contributed by atoms with Crippen LogP contribution >= 0.6 is 0 Å². The van der Waals surface area contributed by atoms with E-state index in [9.17, 15) is 15.0 Å². The van der Waals surface area contributed by atoms with E-state index in [0.29, 0.717) is 18.0 Å². The van der Waals surface area contributed by atoms with Crippen LogP contribution in [0, 0.1) is 5.92 Å². The zero-order valence-corrected chi connectivity index (χ0v) is 11.5. The highest BCUT2D eigenvalue weighted by molar-refractivity contribution is 5.69. The van der Waals surface area contributed by atoms with E-state index >= 15 is 0 Å². The first-order valence-corrected chi connectivity index (χ1v) is 6.29. The summed E-state index contributed by atoms with van der Waals surface area (Å²) < 4.78 is 0. The molecule has 0 amide bonds. The standard InChI is InChI=1S/C14H21NO4/c1-9(2)7-15(8-14(18)19)10(3)12-5-4-11(16)6-13(12)17/h4-6,9-10,16-17H,7-8H2,1-3H3,(H,18,19). The number of aromatic hydroxyl groups is 2. The maximum atomic E-state index is 10.9. The van der Waals surface area contributed by atoms with E-state index in [-0.39, 0.29) is 24.1 Å². The van der Waals surface area contributed by atoms with Gasteiger partial charge in [0.15, 0.2) is 0 Å². The van der Waals surface area contributed by atoms with Gasteiger partial charge >= 0.3 is 5.97 Å². The van der Waals surface area contributed by atoms with Gasteiger partial charge in [0.1, 0.15) is 11.5 Å². The van der Waals surface area contributed by atoms with Crippen LogP contribution in [0.5, 0.6) is 11.5 Å². The number of hydrogen-bond donors (Lipinski definition) is 3. The summed E-state index contributed by atoms with van der Waals surface area (Å²) in [6.07, 6.45) is 0. The lowest BCUT2D eigenvalue weighted by Gasteiger charge is -2.29. The molecule has 0 heterocycles. The SMILES string of the molecule is CC(C)CN(CC(=O)O)C(C)c1ccc(O)cc1O. The van der Waals surface area contributed by atoms with Gasteiger partial charge in [-0.2, -0.15) is 0 Å². The Labute approximate surface area is 113 Å². The smallest absolute Gasteiger partial charge is 0.317 e. The van der Waals surface area contributed by atoms with Crippen molar-refractivity contribution in [2.75, 3.05) is 13.1 Å². The summed E-state index contributed by atoms with van der Waals surface area (Å²) in [5.74, 6) is -0.611. The predicted molar refractivity (Wildman–Crippen MR) is 72.2 cm³/mol. The molecule has 3 N–H and O–H groups in total. The van der Waals surface area contributed by atoms with Gasteiger partial charge in [-0.1, -0.05) is 19.9 Å². The van der Waals surface area contributed by atoms with Crippen molar-refractivity contribution in [2.24, 2.45) is 5.92 Å². The topological polar surface area (TPSA) is 81.0 Å². The van der Waals surface area contributed by atoms with Gasteiger partial charge in [-0.05, 0) is 18.9 Å². The van der Waals surface area contributed by atoms with Crippen molar-refractivity contribution in [1.29, 1.82) is 0 Å². The van der Waals surface area contributed by atoms with Crippen LogP contribution in [-0.2, 0) is 4.79 Å². The number of benzene rings is 1. The number of carboxylic acids is 1. The highest BCUT2D eigenvalue weighted by Gasteiger charge is 2.21. The Hall–Kier alpha value is -1.75. The van der Waals surface area contributed by atoms with Crippen molar-refractivity contribution < 1.29 is 20.1 Å². The number of carboxylic acid groups (broad SMARTS) is 1. The van der Waals surface area contributed by atoms with Crippen LogP contribution in [0.1, 0.15) is 32.4 Å². The molecule has 19 heavy (non-hydrogen) atoms. The van der Waals surface area contributed by atoms with Crippen molar-refractivity contribution in [3.05, 3.63) is 23.8 Å². The predicted octanol–water partition coefficient (Wildman–Crippen LogP) is 2.20. The van der Waals surface area contributed by atoms with Crippen molar-refractivity contribution in [2.45, 2.75) is 26.8 Å². The normalized spacial score (nSPS) is 12.9. The average molecular weight is 267 g/mol. The lowest BCUT2D eigenvalue weighted by atomic mass is 10.0. The number of rotatable bonds is 6. The second-order valence-corrected chi connectivity index (χ2v) is 5.14. The fraction of sp³-hybridized carbons (Fsp3) is 0.500. The molecule has 5 heteroatoms. The van der Waals surface area contributed by atoms with Crippen LogP contribution in [0.2, 0.25) is 0 Å². The quantitative estimate of drug-likeness (QED) is 0.736. The van der Waals surface area contributed by atoms with E-state index in [1.54, 1.807) is 11.0 Å². The van der Waals surface area contributed by atoms with E-state index in [4.69, 9.17) is 5.11 Å². The first-order chi connectivity index (χ1) is 8.81. The Balaban J connectivity index is 2.96. The molecular formula is C14H21NO4. The van der Waals surface area contributed by atoms with Gasteiger partial charge in [0.25, 0.3) is 0 Å². The number of hydrogen-bond acceptors (Lipinski definition) is 4. The molecule has 0 saturated heterocycles. The molecule has 0 spiro atoms. The Morgan fingerprint density at radius 1 is 1.26 bits per heavy atom. The molecule has 106 valence electrons. The summed E-state index contributed by atoms with van der Waals surface area (Å²) in [4.78, 5) is 12.7. The van der Waals surface area contributed by atoms with Crippen LogP contribution in [0.15, 0.2) is 18.2 Å². The Bertz CT molecular complexity index is 445. The van der Waals surface area contributed by atoms with E-state index in [1.165, 1.54) is 12.1 Å². The third kappa shape index (κ3) is 4.44. The first-order valence-electron chi connectivity index (χ1n) is 6.29. The summed E-state index contributed by atoms with van der Waals surface area (Å²) in [5.41, 5.74) is 0.611. The lowest BCUT2D eigenvalue weighted by Crippen LogP contribution is -2.35. The molecular weight excluding hydrogens is 246 g/mol. The van der Waals surface area contributed by atoms with Crippen molar-refractivity contribution >= 4 is 5.97 Å². The van der Waals surface area contributed by atoms with Gasteiger partial charge in [-0.25, -0.2) is 0 Å². The summed E-state index contributed by atoms with van der Waals surface area (Å²) in [7, 11) is 0. The van der Waals surface area contributed by atoms with E-state index in [0.717, 1.165) is 0 Å². The molecule has 1 atom stereocenters. The summed E-state index contributed by atoms with van der Waals surface area (Å²) in [6.45, 7) is 6.40. The molecule has 5 nitrogen and oxygen atoms in total. The van der Waals surface area contributed by atoms with Gasteiger partial charge in [0.2, 0.25) is 0 Å². The van der Waals surface area contributed by atoms with E-state index in [1.807, 2.05) is 20.8 Å². The largest absolute Gasteiger partial charge is 0.508 e. The third-order valence-corrected chi connectivity index (χ3v) is 2.95.